The van der Waals surface area contributed by atoms with Gasteiger partial charge in [-0.25, -0.2) is 0 Å². The minimum absolute atomic E-state index is 0.0197. The largest absolute Gasteiger partial charge is 0.497 e. The Bertz CT molecular complexity index is 1640. The van der Waals surface area contributed by atoms with E-state index >= 15 is 0 Å². The van der Waals surface area contributed by atoms with Gasteiger partial charge in [-0.05, 0) is 57.7 Å². The molecule has 36 heavy (non-hydrogen) atoms. The molecule has 7 rings (SSSR count). The van der Waals surface area contributed by atoms with Gasteiger partial charge in [-0.3, -0.25) is 9.59 Å². The Balaban J connectivity index is 1.68. The summed E-state index contributed by atoms with van der Waals surface area (Å²) in [6.45, 7) is 0. The molecular formula is C32H22O4. The highest BCUT2D eigenvalue weighted by atomic mass is 16.5. The van der Waals surface area contributed by atoms with Crippen LogP contribution in [0.1, 0.15) is 54.5 Å². The molecule has 4 nitrogen and oxygen atoms in total. The van der Waals surface area contributed by atoms with Crippen molar-refractivity contribution in [3.05, 3.63) is 136 Å². The molecule has 0 fully saturated rings. The number of hydrogen-bond donors (Lipinski definition) is 0. The summed E-state index contributed by atoms with van der Waals surface area (Å²) in [7, 11) is 3.26. The van der Waals surface area contributed by atoms with E-state index in [9.17, 15) is 9.59 Å². The van der Waals surface area contributed by atoms with Crippen molar-refractivity contribution >= 4 is 17.1 Å². The first-order valence-electron chi connectivity index (χ1n) is 12.0. The summed E-state index contributed by atoms with van der Waals surface area (Å²) in [4.78, 5) is 28.6. The highest BCUT2D eigenvalue weighted by Crippen LogP contribution is 2.64. The number of rotatable bonds is 3. The summed E-state index contributed by atoms with van der Waals surface area (Å²) >= 11 is 0. The number of hydrogen-bond acceptors (Lipinski definition) is 4. The van der Waals surface area contributed by atoms with E-state index in [4.69, 9.17) is 9.47 Å². The monoisotopic (exact) mass is 470 g/mol. The number of carbonyl (C=O) groups excluding carboxylic acids is 2. The van der Waals surface area contributed by atoms with Crippen molar-refractivity contribution in [3.63, 3.8) is 0 Å². The van der Waals surface area contributed by atoms with Crippen LogP contribution in [0.4, 0.5) is 0 Å². The maximum absolute atomic E-state index is 14.3. The Hall–Kier alpha value is -4.44. The fourth-order valence-corrected chi connectivity index (χ4v) is 6.60. The van der Waals surface area contributed by atoms with Crippen LogP contribution in [-0.4, -0.2) is 25.8 Å². The first-order chi connectivity index (χ1) is 17.6. The minimum Gasteiger partial charge on any atom is -0.497 e. The molecule has 2 unspecified atom stereocenters. The lowest BCUT2D eigenvalue weighted by molar-refractivity contribution is 0.0949. The minimum atomic E-state index is -0.968. The molecule has 3 aliphatic rings. The van der Waals surface area contributed by atoms with Gasteiger partial charge in [-0.15, -0.1) is 0 Å². The van der Waals surface area contributed by atoms with Gasteiger partial charge >= 0.3 is 0 Å². The molecule has 4 heteroatoms. The molecule has 4 aromatic carbocycles. The number of ketones is 2. The highest BCUT2D eigenvalue weighted by Gasteiger charge is 2.62. The Kier molecular flexibility index (Phi) is 4.23. The second-order valence-electron chi connectivity index (χ2n) is 9.46. The molecule has 0 amide bonds. The molecule has 0 aromatic heterocycles. The van der Waals surface area contributed by atoms with Gasteiger partial charge in [-0.1, -0.05) is 66.7 Å². The molecule has 0 N–H and O–H groups in total. The number of methoxy groups -OCH3 is 2. The standard InChI is InChI=1S/C32H22O4/c1-35-19-13-11-18(12-14-19)32-26-10-6-5-9-24(26)31(34)28(32)25-17-20(36-2)15-16-22(25)27-21-7-3-4-8-23(21)30(33)29(27)32/h3-17,28H,1-2H3. The number of Topliss-reactive ketones (excluding diaryl/α,β-unsaturated/α-hetero) is 2. The lowest BCUT2D eigenvalue weighted by Crippen LogP contribution is -2.40. The van der Waals surface area contributed by atoms with Crippen LogP contribution < -0.4 is 9.47 Å². The fourth-order valence-electron chi connectivity index (χ4n) is 6.60. The maximum atomic E-state index is 14.3. The summed E-state index contributed by atoms with van der Waals surface area (Å²) < 4.78 is 11.0. The number of allylic oxidation sites excluding steroid dienone is 1. The van der Waals surface area contributed by atoms with Gasteiger partial charge < -0.3 is 9.47 Å². The normalized spacial score (nSPS) is 20.9. The summed E-state index contributed by atoms with van der Waals surface area (Å²) in [6, 6.07) is 29.1. The summed E-state index contributed by atoms with van der Waals surface area (Å²) in [5, 5.41) is 0. The van der Waals surface area contributed by atoms with Crippen molar-refractivity contribution in [2.24, 2.45) is 0 Å². The number of carbonyl (C=O) groups is 2. The van der Waals surface area contributed by atoms with Crippen LogP contribution in [0, 0.1) is 0 Å². The van der Waals surface area contributed by atoms with Gasteiger partial charge in [0.2, 0.25) is 0 Å². The third-order valence-electron chi connectivity index (χ3n) is 8.01. The van der Waals surface area contributed by atoms with Crippen molar-refractivity contribution in [1.82, 2.24) is 0 Å². The molecule has 174 valence electrons. The smallest absolute Gasteiger partial charge is 0.191 e. The van der Waals surface area contributed by atoms with Crippen molar-refractivity contribution in [2.45, 2.75) is 11.3 Å². The summed E-state index contributed by atoms with van der Waals surface area (Å²) in [5.74, 6) is 0.809. The van der Waals surface area contributed by atoms with E-state index < -0.39 is 11.3 Å². The average Bonchev–Trinajstić information content (AvgIpc) is 3.39. The van der Waals surface area contributed by atoms with E-state index in [1.54, 1.807) is 14.2 Å². The number of fused-ring (bicyclic) bond motifs is 9. The molecule has 0 saturated carbocycles. The number of benzene rings is 4. The molecule has 4 aromatic rings. The van der Waals surface area contributed by atoms with Crippen LogP contribution >= 0.6 is 0 Å². The van der Waals surface area contributed by atoms with Crippen LogP contribution in [0.25, 0.3) is 5.57 Å². The van der Waals surface area contributed by atoms with Crippen LogP contribution in [0.3, 0.4) is 0 Å². The maximum Gasteiger partial charge on any atom is 0.191 e. The predicted molar refractivity (Wildman–Crippen MR) is 137 cm³/mol. The molecule has 2 atom stereocenters. The molecule has 0 aliphatic heterocycles. The zero-order chi connectivity index (χ0) is 24.6. The van der Waals surface area contributed by atoms with Crippen molar-refractivity contribution in [3.8, 4) is 11.5 Å². The second-order valence-corrected chi connectivity index (χ2v) is 9.46. The van der Waals surface area contributed by atoms with E-state index in [0.717, 1.165) is 39.1 Å². The van der Waals surface area contributed by atoms with Gasteiger partial charge in [0, 0.05) is 16.7 Å². The quantitative estimate of drug-likeness (QED) is 0.370. The Morgan fingerprint density at radius 3 is 2.03 bits per heavy atom. The van der Waals surface area contributed by atoms with Gasteiger partial charge in [0.1, 0.15) is 11.5 Å². The van der Waals surface area contributed by atoms with E-state index in [1.165, 1.54) is 0 Å². The van der Waals surface area contributed by atoms with E-state index in [1.807, 2.05) is 91.0 Å². The molecule has 0 saturated heterocycles. The van der Waals surface area contributed by atoms with Gasteiger partial charge in [0.25, 0.3) is 0 Å². The fraction of sp³-hybridized carbons (Fsp3) is 0.125. The molecule has 0 radical (unpaired) electrons. The molecule has 0 heterocycles. The van der Waals surface area contributed by atoms with Gasteiger partial charge in [-0.2, -0.15) is 0 Å². The SMILES string of the molecule is COc1ccc(C23C4=C(c5ccccc5C4=O)c4ccc(OC)cc4C2C(=O)c2ccccc23)cc1. The van der Waals surface area contributed by atoms with E-state index in [-0.39, 0.29) is 11.6 Å². The van der Waals surface area contributed by atoms with Crippen LogP contribution in [-0.2, 0) is 5.41 Å². The number of ether oxygens (including phenoxy) is 2. The third kappa shape index (κ3) is 2.38. The van der Waals surface area contributed by atoms with E-state index in [0.29, 0.717) is 22.4 Å². The van der Waals surface area contributed by atoms with E-state index in [2.05, 4.69) is 0 Å². The molecule has 0 spiro atoms. The first kappa shape index (κ1) is 20.9. The molecule has 0 bridgehead atoms. The zero-order valence-corrected chi connectivity index (χ0v) is 19.9. The van der Waals surface area contributed by atoms with Crippen LogP contribution in [0.5, 0.6) is 11.5 Å². The average molecular weight is 471 g/mol. The first-order valence-corrected chi connectivity index (χ1v) is 12.0. The van der Waals surface area contributed by atoms with Crippen molar-refractivity contribution in [1.29, 1.82) is 0 Å². The Morgan fingerprint density at radius 2 is 1.31 bits per heavy atom. The van der Waals surface area contributed by atoms with Gasteiger partial charge in [0.15, 0.2) is 11.6 Å². The Morgan fingerprint density at radius 1 is 0.667 bits per heavy atom. The lowest BCUT2D eigenvalue weighted by Gasteiger charge is -2.42. The van der Waals surface area contributed by atoms with Crippen molar-refractivity contribution < 1.29 is 19.1 Å². The van der Waals surface area contributed by atoms with Crippen molar-refractivity contribution in [2.75, 3.05) is 14.2 Å². The van der Waals surface area contributed by atoms with Gasteiger partial charge in [0.05, 0.1) is 25.6 Å². The summed E-state index contributed by atoms with van der Waals surface area (Å²) in [5.41, 5.74) is 6.42. The van der Waals surface area contributed by atoms with Crippen LogP contribution in [0.15, 0.2) is 96.6 Å². The van der Waals surface area contributed by atoms with Crippen LogP contribution in [0.2, 0.25) is 0 Å². The highest BCUT2D eigenvalue weighted by molar-refractivity contribution is 6.28. The zero-order valence-electron chi connectivity index (χ0n) is 19.9. The third-order valence-corrected chi connectivity index (χ3v) is 8.01. The topological polar surface area (TPSA) is 52.6 Å². The lowest BCUT2D eigenvalue weighted by atomic mass is 9.57. The molecule has 3 aliphatic carbocycles. The Labute approximate surface area is 208 Å². The predicted octanol–water partition coefficient (Wildman–Crippen LogP) is 5.98. The summed E-state index contributed by atoms with van der Waals surface area (Å²) in [6.07, 6.45) is 0. The second kappa shape index (κ2) is 7.28. The molecular weight excluding hydrogens is 448 g/mol.